The van der Waals surface area contributed by atoms with Crippen LogP contribution in [-0.4, -0.2) is 23.9 Å². The summed E-state index contributed by atoms with van der Waals surface area (Å²) < 4.78 is 11.1. The van der Waals surface area contributed by atoms with Crippen LogP contribution in [0.5, 0.6) is 0 Å². The number of rotatable bonds is 3. The van der Waals surface area contributed by atoms with Gasteiger partial charge in [0.05, 0.1) is 6.10 Å². The summed E-state index contributed by atoms with van der Waals surface area (Å²) in [5.74, 6) is 1.10. The smallest absolute Gasteiger partial charge is 0.140 e. The third kappa shape index (κ3) is 2.70. The van der Waals surface area contributed by atoms with E-state index in [4.69, 9.17) is 9.26 Å². The molecule has 1 aromatic rings. The Bertz CT molecular complexity index is 453. The first kappa shape index (κ1) is 13.1. The fraction of sp³-hybridized carbons (Fsp3) is 0.800. The van der Waals surface area contributed by atoms with E-state index < -0.39 is 0 Å². The van der Waals surface area contributed by atoms with Crippen molar-refractivity contribution >= 4 is 0 Å². The van der Waals surface area contributed by atoms with Crippen LogP contribution in [0.3, 0.4) is 0 Å². The minimum absolute atomic E-state index is 0.305. The third-order valence-corrected chi connectivity index (χ3v) is 4.54. The molecule has 0 radical (unpaired) electrons. The quantitative estimate of drug-likeness (QED) is 0.911. The average molecular weight is 264 g/mol. The molecule has 2 aliphatic rings. The minimum Gasteiger partial charge on any atom is -0.377 e. The number of hydrogen-bond donors (Lipinski definition) is 1. The van der Waals surface area contributed by atoms with Crippen molar-refractivity contribution in [1.82, 2.24) is 10.5 Å². The largest absolute Gasteiger partial charge is 0.377 e. The van der Waals surface area contributed by atoms with Crippen LogP contribution in [0.25, 0.3) is 0 Å². The first-order chi connectivity index (χ1) is 9.05. The van der Waals surface area contributed by atoms with Gasteiger partial charge in [-0.2, -0.15) is 0 Å². The third-order valence-electron chi connectivity index (χ3n) is 4.54. The molecule has 1 aliphatic heterocycles. The van der Waals surface area contributed by atoms with Gasteiger partial charge in [0.2, 0.25) is 0 Å². The van der Waals surface area contributed by atoms with Crippen LogP contribution in [0.15, 0.2) is 4.52 Å². The molecule has 0 amide bonds. The SMILES string of the molecule is C[C@H]1OCC[C@H]1NCc1noc2c1CC(C)(C)CC2. The second kappa shape index (κ2) is 4.91. The molecule has 0 unspecified atom stereocenters. The van der Waals surface area contributed by atoms with E-state index in [0.717, 1.165) is 43.9 Å². The van der Waals surface area contributed by atoms with Crippen molar-refractivity contribution in [3.63, 3.8) is 0 Å². The molecule has 2 heterocycles. The van der Waals surface area contributed by atoms with Crippen molar-refractivity contribution in [2.75, 3.05) is 6.61 Å². The van der Waals surface area contributed by atoms with E-state index in [2.05, 4.69) is 31.2 Å². The summed E-state index contributed by atoms with van der Waals surface area (Å²) in [7, 11) is 0. The maximum Gasteiger partial charge on any atom is 0.140 e. The van der Waals surface area contributed by atoms with Gasteiger partial charge >= 0.3 is 0 Å². The molecule has 1 N–H and O–H groups in total. The van der Waals surface area contributed by atoms with Crippen molar-refractivity contribution in [2.24, 2.45) is 5.41 Å². The fourth-order valence-electron chi connectivity index (χ4n) is 3.16. The first-order valence-electron chi connectivity index (χ1n) is 7.36. The van der Waals surface area contributed by atoms with Crippen LogP contribution < -0.4 is 5.32 Å². The number of fused-ring (bicyclic) bond motifs is 1. The van der Waals surface area contributed by atoms with Gasteiger partial charge in [0, 0.05) is 31.2 Å². The van der Waals surface area contributed by atoms with Gasteiger partial charge in [-0.3, -0.25) is 0 Å². The Hall–Kier alpha value is -0.870. The lowest BCUT2D eigenvalue weighted by Gasteiger charge is -2.28. The van der Waals surface area contributed by atoms with Gasteiger partial charge in [-0.25, -0.2) is 0 Å². The Morgan fingerprint density at radius 2 is 2.26 bits per heavy atom. The molecular weight excluding hydrogens is 240 g/mol. The molecule has 0 saturated carbocycles. The first-order valence-corrected chi connectivity index (χ1v) is 7.36. The second-order valence-electron chi connectivity index (χ2n) is 6.72. The zero-order valence-corrected chi connectivity index (χ0v) is 12.2. The predicted octanol–water partition coefficient (Wildman–Crippen LogP) is 2.46. The summed E-state index contributed by atoms with van der Waals surface area (Å²) in [4.78, 5) is 0. The monoisotopic (exact) mass is 264 g/mol. The van der Waals surface area contributed by atoms with Crippen LogP contribution in [0.4, 0.5) is 0 Å². The lowest BCUT2D eigenvalue weighted by molar-refractivity contribution is 0.113. The number of nitrogens with zero attached hydrogens (tertiary/aromatic N) is 1. The predicted molar refractivity (Wildman–Crippen MR) is 73.0 cm³/mol. The van der Waals surface area contributed by atoms with Gasteiger partial charge in [-0.15, -0.1) is 0 Å². The summed E-state index contributed by atoms with van der Waals surface area (Å²) in [6, 6.07) is 0.448. The summed E-state index contributed by atoms with van der Waals surface area (Å²) in [6.45, 7) is 8.45. The minimum atomic E-state index is 0.305. The molecule has 0 spiro atoms. The van der Waals surface area contributed by atoms with Crippen molar-refractivity contribution in [2.45, 2.75) is 65.1 Å². The summed E-state index contributed by atoms with van der Waals surface area (Å²) in [5, 5.41) is 7.83. The number of nitrogens with one attached hydrogen (secondary N) is 1. The lowest BCUT2D eigenvalue weighted by Crippen LogP contribution is -2.34. The molecule has 3 rings (SSSR count). The van der Waals surface area contributed by atoms with E-state index in [0.29, 0.717) is 17.6 Å². The van der Waals surface area contributed by atoms with Gasteiger partial charge in [0.25, 0.3) is 0 Å². The van der Waals surface area contributed by atoms with Crippen molar-refractivity contribution in [3.8, 4) is 0 Å². The standard InChI is InChI=1S/C15H24N2O2/c1-10-12(5-7-18-10)16-9-13-11-8-15(2,3)6-4-14(11)19-17-13/h10,12,16H,4-9H2,1-3H3/t10-,12-/m1/s1. The molecule has 1 aromatic heterocycles. The molecule has 1 aliphatic carbocycles. The molecule has 0 bridgehead atoms. The fourth-order valence-corrected chi connectivity index (χ4v) is 3.16. The summed E-state index contributed by atoms with van der Waals surface area (Å²) >= 11 is 0. The normalized spacial score (nSPS) is 29.4. The van der Waals surface area contributed by atoms with Crippen molar-refractivity contribution in [1.29, 1.82) is 0 Å². The summed E-state index contributed by atoms with van der Waals surface area (Å²) in [6.07, 6.45) is 4.69. The van der Waals surface area contributed by atoms with Gasteiger partial charge in [-0.1, -0.05) is 19.0 Å². The topological polar surface area (TPSA) is 47.3 Å². The van der Waals surface area contributed by atoms with Crippen LogP contribution in [0.1, 0.15) is 50.6 Å². The number of ether oxygens (including phenoxy) is 1. The van der Waals surface area contributed by atoms with E-state index in [1.807, 2.05) is 0 Å². The highest BCUT2D eigenvalue weighted by atomic mass is 16.5. The Morgan fingerprint density at radius 1 is 1.42 bits per heavy atom. The molecule has 19 heavy (non-hydrogen) atoms. The number of aryl methyl sites for hydroxylation is 1. The molecule has 2 atom stereocenters. The molecule has 0 aromatic carbocycles. The van der Waals surface area contributed by atoms with Gasteiger partial charge < -0.3 is 14.6 Å². The Balaban J connectivity index is 1.67. The zero-order chi connectivity index (χ0) is 13.5. The van der Waals surface area contributed by atoms with Crippen molar-refractivity contribution < 1.29 is 9.26 Å². The van der Waals surface area contributed by atoms with E-state index >= 15 is 0 Å². The van der Waals surface area contributed by atoms with Crippen molar-refractivity contribution in [3.05, 3.63) is 17.0 Å². The van der Waals surface area contributed by atoms with Gasteiger partial charge in [0.1, 0.15) is 11.5 Å². The highest BCUT2D eigenvalue weighted by Gasteiger charge is 2.31. The molecular formula is C15H24N2O2. The number of aromatic nitrogens is 1. The highest BCUT2D eigenvalue weighted by molar-refractivity contribution is 5.27. The zero-order valence-electron chi connectivity index (χ0n) is 12.2. The molecule has 4 nitrogen and oxygen atoms in total. The van der Waals surface area contributed by atoms with E-state index in [-0.39, 0.29) is 0 Å². The van der Waals surface area contributed by atoms with Gasteiger partial charge in [0.15, 0.2) is 0 Å². The van der Waals surface area contributed by atoms with E-state index in [1.165, 1.54) is 12.0 Å². The maximum absolute atomic E-state index is 5.57. The Kier molecular flexibility index (Phi) is 3.39. The van der Waals surface area contributed by atoms with Crippen LogP contribution in [0.2, 0.25) is 0 Å². The van der Waals surface area contributed by atoms with Crippen LogP contribution >= 0.6 is 0 Å². The molecule has 4 heteroatoms. The Labute approximate surface area is 114 Å². The molecule has 1 fully saturated rings. The molecule has 106 valence electrons. The average Bonchev–Trinajstić information content (AvgIpc) is 2.92. The van der Waals surface area contributed by atoms with E-state index in [1.54, 1.807) is 0 Å². The maximum atomic E-state index is 5.57. The lowest BCUT2D eigenvalue weighted by atomic mass is 9.76. The van der Waals surface area contributed by atoms with E-state index in [9.17, 15) is 0 Å². The Morgan fingerprint density at radius 3 is 3.00 bits per heavy atom. The molecule has 1 saturated heterocycles. The van der Waals surface area contributed by atoms with Crippen LogP contribution in [0, 0.1) is 5.41 Å². The summed E-state index contributed by atoms with van der Waals surface area (Å²) in [5.41, 5.74) is 2.81. The highest BCUT2D eigenvalue weighted by Crippen LogP contribution is 2.36. The second-order valence-corrected chi connectivity index (χ2v) is 6.72. The number of hydrogen-bond acceptors (Lipinski definition) is 4. The van der Waals surface area contributed by atoms with Gasteiger partial charge in [-0.05, 0) is 31.6 Å². The van der Waals surface area contributed by atoms with Crippen LogP contribution in [-0.2, 0) is 24.1 Å².